The Morgan fingerprint density at radius 3 is 2.54 bits per heavy atom. The van der Waals surface area contributed by atoms with Gasteiger partial charge in [-0.05, 0) is 31.0 Å². The smallest absolute Gasteiger partial charge is 0.161 e. The number of hydrogen-bond donors (Lipinski definition) is 2. The molecule has 0 spiro atoms. The molecule has 0 amide bonds. The van der Waals surface area contributed by atoms with Crippen molar-refractivity contribution < 1.29 is 19.7 Å². The van der Waals surface area contributed by atoms with Crippen molar-refractivity contribution in [3.05, 3.63) is 54.4 Å². The summed E-state index contributed by atoms with van der Waals surface area (Å²) >= 11 is 0. The first-order chi connectivity index (χ1) is 12.6. The van der Waals surface area contributed by atoms with Crippen LogP contribution in [-0.2, 0) is 5.60 Å². The van der Waals surface area contributed by atoms with Crippen molar-refractivity contribution in [1.29, 1.82) is 0 Å². The number of aliphatic hydroxyl groups is 2. The zero-order valence-electron chi connectivity index (χ0n) is 15.0. The normalized spacial score (nSPS) is 18.3. The molecule has 0 bridgehead atoms. The van der Waals surface area contributed by atoms with Crippen molar-refractivity contribution in [1.82, 2.24) is 9.88 Å². The Morgan fingerprint density at radius 1 is 1.15 bits per heavy atom. The number of rotatable bonds is 7. The lowest BCUT2D eigenvalue weighted by Crippen LogP contribution is -2.47. The average Bonchev–Trinajstić information content (AvgIpc) is 2.69. The summed E-state index contributed by atoms with van der Waals surface area (Å²) < 4.78 is 11.0. The monoisotopic (exact) mass is 358 g/mol. The molecule has 6 heteroatoms. The lowest BCUT2D eigenvalue weighted by atomic mass is 9.85. The van der Waals surface area contributed by atoms with Gasteiger partial charge in [-0.3, -0.25) is 9.88 Å². The summed E-state index contributed by atoms with van der Waals surface area (Å²) in [4.78, 5) is 6.08. The zero-order valence-corrected chi connectivity index (χ0v) is 15.0. The first-order valence-electron chi connectivity index (χ1n) is 8.93. The second-order valence-electron chi connectivity index (χ2n) is 6.58. The number of methoxy groups -OCH3 is 1. The molecule has 1 aromatic heterocycles. The molecule has 1 fully saturated rings. The minimum atomic E-state index is -0.863. The molecule has 1 aliphatic rings. The fourth-order valence-corrected chi connectivity index (χ4v) is 3.31. The minimum absolute atomic E-state index is 0.394. The van der Waals surface area contributed by atoms with Crippen LogP contribution >= 0.6 is 0 Å². The van der Waals surface area contributed by atoms with Gasteiger partial charge in [-0.25, -0.2) is 0 Å². The zero-order chi connectivity index (χ0) is 18.4. The highest BCUT2D eigenvalue weighted by atomic mass is 16.5. The van der Waals surface area contributed by atoms with Gasteiger partial charge in [0.25, 0.3) is 0 Å². The quantitative estimate of drug-likeness (QED) is 0.790. The molecule has 1 saturated heterocycles. The summed E-state index contributed by atoms with van der Waals surface area (Å²) in [5.41, 5.74) is -0.0214. The van der Waals surface area contributed by atoms with Crippen LogP contribution in [0, 0.1) is 0 Å². The lowest BCUT2D eigenvalue weighted by molar-refractivity contribution is -0.0820. The molecule has 1 atom stereocenters. The third-order valence-corrected chi connectivity index (χ3v) is 4.95. The minimum Gasteiger partial charge on any atom is -0.493 e. The molecule has 2 N–H and O–H groups in total. The molecule has 6 nitrogen and oxygen atoms in total. The van der Waals surface area contributed by atoms with Gasteiger partial charge >= 0.3 is 0 Å². The molecular weight excluding hydrogens is 332 g/mol. The van der Waals surface area contributed by atoms with Crippen LogP contribution in [0.25, 0.3) is 0 Å². The van der Waals surface area contributed by atoms with E-state index in [2.05, 4.69) is 4.98 Å². The number of piperidine rings is 1. The predicted octanol–water partition coefficient (Wildman–Crippen LogP) is 2.16. The second kappa shape index (κ2) is 8.49. The Morgan fingerprint density at radius 2 is 1.88 bits per heavy atom. The summed E-state index contributed by atoms with van der Waals surface area (Å²) in [6.45, 7) is 1.65. The molecule has 0 saturated carbocycles. The second-order valence-corrected chi connectivity index (χ2v) is 6.58. The Kier molecular flexibility index (Phi) is 6.08. The summed E-state index contributed by atoms with van der Waals surface area (Å²) in [6, 6.07) is 11.2. The van der Waals surface area contributed by atoms with Gasteiger partial charge in [0, 0.05) is 37.5 Å². The molecule has 2 aromatic rings. The van der Waals surface area contributed by atoms with E-state index >= 15 is 0 Å². The highest BCUT2D eigenvalue weighted by molar-refractivity contribution is 5.39. The van der Waals surface area contributed by atoms with E-state index in [0.717, 1.165) is 5.56 Å². The number of aliphatic hydroxyl groups excluding tert-OH is 1. The van der Waals surface area contributed by atoms with Crippen LogP contribution in [0.5, 0.6) is 11.5 Å². The highest BCUT2D eigenvalue weighted by Gasteiger charge is 2.35. The van der Waals surface area contributed by atoms with Gasteiger partial charge in [0.1, 0.15) is 6.23 Å². The summed E-state index contributed by atoms with van der Waals surface area (Å²) in [6.07, 6.45) is 4.46. The predicted molar refractivity (Wildman–Crippen MR) is 98.1 cm³/mol. The number of para-hydroxylation sites is 2. The van der Waals surface area contributed by atoms with E-state index in [4.69, 9.17) is 9.47 Å². The van der Waals surface area contributed by atoms with Crippen LogP contribution in [0.4, 0.5) is 0 Å². The van der Waals surface area contributed by atoms with Crippen LogP contribution in [0.2, 0.25) is 0 Å². The molecule has 0 radical (unpaired) electrons. The van der Waals surface area contributed by atoms with Gasteiger partial charge in [-0.2, -0.15) is 0 Å². The molecule has 0 unspecified atom stereocenters. The van der Waals surface area contributed by atoms with Gasteiger partial charge in [-0.15, -0.1) is 0 Å². The summed E-state index contributed by atoms with van der Waals surface area (Å²) in [5, 5.41) is 21.3. The van der Waals surface area contributed by atoms with Crippen molar-refractivity contribution in [2.45, 2.75) is 31.1 Å². The lowest BCUT2D eigenvalue weighted by Gasteiger charge is -2.40. The van der Waals surface area contributed by atoms with Gasteiger partial charge in [-0.1, -0.05) is 18.2 Å². The summed E-state index contributed by atoms with van der Waals surface area (Å²) in [5.74, 6) is 1.35. The van der Waals surface area contributed by atoms with Crippen molar-refractivity contribution in [3.8, 4) is 11.5 Å². The molecule has 140 valence electrons. The fourth-order valence-electron chi connectivity index (χ4n) is 3.31. The van der Waals surface area contributed by atoms with E-state index in [-0.39, 0.29) is 0 Å². The molecule has 1 aromatic carbocycles. The van der Waals surface area contributed by atoms with Crippen LogP contribution in [0.1, 0.15) is 24.8 Å². The van der Waals surface area contributed by atoms with E-state index in [1.807, 2.05) is 41.3 Å². The molecular formula is C20H26N2O4. The number of hydrogen-bond acceptors (Lipinski definition) is 6. The Bertz CT molecular complexity index is 687. The maximum atomic E-state index is 10.8. The van der Waals surface area contributed by atoms with Gasteiger partial charge < -0.3 is 19.7 Å². The van der Waals surface area contributed by atoms with Crippen LogP contribution in [0.3, 0.4) is 0 Å². The Labute approximate surface area is 154 Å². The summed E-state index contributed by atoms with van der Waals surface area (Å²) in [7, 11) is 1.61. The van der Waals surface area contributed by atoms with Crippen molar-refractivity contribution in [3.63, 3.8) is 0 Å². The van der Waals surface area contributed by atoms with E-state index in [0.29, 0.717) is 50.5 Å². The Hall–Kier alpha value is -2.15. The van der Waals surface area contributed by atoms with Crippen molar-refractivity contribution >= 4 is 0 Å². The maximum absolute atomic E-state index is 10.8. The largest absolute Gasteiger partial charge is 0.493 e. The number of aromatic nitrogens is 1. The average molecular weight is 358 g/mol. The van der Waals surface area contributed by atoms with Crippen molar-refractivity contribution in [2.75, 3.05) is 26.8 Å². The first kappa shape index (κ1) is 18.6. The number of likely N-dealkylation sites (tertiary alicyclic amines) is 1. The molecule has 26 heavy (non-hydrogen) atoms. The highest BCUT2D eigenvalue weighted by Crippen LogP contribution is 2.33. The molecule has 1 aliphatic heterocycles. The van der Waals surface area contributed by atoms with E-state index < -0.39 is 11.8 Å². The van der Waals surface area contributed by atoms with Gasteiger partial charge in [0.15, 0.2) is 11.5 Å². The first-order valence-corrected chi connectivity index (χ1v) is 8.93. The van der Waals surface area contributed by atoms with Gasteiger partial charge in [0.05, 0.1) is 19.3 Å². The van der Waals surface area contributed by atoms with Crippen molar-refractivity contribution in [2.24, 2.45) is 0 Å². The Balaban J connectivity index is 1.47. The molecule has 0 aliphatic carbocycles. The fraction of sp³-hybridized carbons (Fsp3) is 0.450. The number of ether oxygens (including phenoxy) is 2. The van der Waals surface area contributed by atoms with Crippen LogP contribution < -0.4 is 9.47 Å². The number of pyridine rings is 1. The number of benzene rings is 1. The van der Waals surface area contributed by atoms with Gasteiger partial charge in [0.2, 0.25) is 0 Å². The standard InChI is InChI=1S/C20H26N2O4/c1-25-17-6-2-3-7-18(17)26-14-8-19(23)22-12-9-20(24,10-13-22)16-5-4-11-21-15-16/h2-7,11,15,19,23-24H,8-10,12-14H2,1H3/t19-/m0/s1. The van der Waals surface area contributed by atoms with E-state index in [1.54, 1.807) is 19.5 Å². The topological polar surface area (TPSA) is 75.0 Å². The number of nitrogens with zero attached hydrogens (tertiary/aromatic N) is 2. The van der Waals surface area contributed by atoms with E-state index in [9.17, 15) is 10.2 Å². The third-order valence-electron chi connectivity index (χ3n) is 4.95. The maximum Gasteiger partial charge on any atom is 0.161 e. The van der Waals surface area contributed by atoms with E-state index in [1.165, 1.54) is 0 Å². The molecule has 2 heterocycles. The third kappa shape index (κ3) is 4.33. The van der Waals surface area contributed by atoms with Crippen LogP contribution in [-0.4, -0.2) is 53.1 Å². The SMILES string of the molecule is COc1ccccc1OCC[C@H](O)N1CCC(O)(c2cccnc2)CC1. The molecule has 3 rings (SSSR count). The van der Waals surface area contributed by atoms with Crippen LogP contribution in [0.15, 0.2) is 48.8 Å².